The Kier molecular flexibility index (Phi) is 6.85. The van der Waals surface area contributed by atoms with E-state index in [0.29, 0.717) is 18.0 Å². The quantitative estimate of drug-likeness (QED) is 0.500. The lowest BCUT2D eigenvalue weighted by Gasteiger charge is -2.36. The molecule has 0 radical (unpaired) electrons. The van der Waals surface area contributed by atoms with Crippen LogP contribution in [-0.2, 0) is 0 Å². The van der Waals surface area contributed by atoms with Crippen molar-refractivity contribution in [1.29, 1.82) is 0 Å². The van der Waals surface area contributed by atoms with Crippen molar-refractivity contribution in [3.8, 4) is 0 Å². The highest BCUT2D eigenvalue weighted by atomic mass is 15.5. The van der Waals surface area contributed by atoms with Crippen LogP contribution in [0.4, 0.5) is 0 Å². The molecule has 0 aromatic heterocycles. The SMILES string of the molecule is C=CC(C)C(C)N(NCC)C(C)CC. The van der Waals surface area contributed by atoms with Gasteiger partial charge in [-0.2, -0.15) is 0 Å². The molecule has 0 amide bonds. The molecule has 0 aromatic carbocycles. The van der Waals surface area contributed by atoms with Crippen LogP contribution in [0.1, 0.15) is 41.0 Å². The molecule has 0 aromatic rings. The second kappa shape index (κ2) is 7.02. The van der Waals surface area contributed by atoms with Crippen molar-refractivity contribution >= 4 is 0 Å². The van der Waals surface area contributed by atoms with E-state index in [-0.39, 0.29) is 0 Å². The Morgan fingerprint density at radius 2 is 1.86 bits per heavy atom. The first-order valence-electron chi connectivity index (χ1n) is 5.72. The highest BCUT2D eigenvalue weighted by molar-refractivity contribution is 4.85. The Morgan fingerprint density at radius 3 is 2.21 bits per heavy atom. The van der Waals surface area contributed by atoms with E-state index >= 15 is 0 Å². The first-order valence-corrected chi connectivity index (χ1v) is 5.72. The molecule has 0 heterocycles. The number of nitrogens with one attached hydrogen (secondary N) is 1. The first kappa shape index (κ1) is 13.7. The highest BCUT2D eigenvalue weighted by Gasteiger charge is 2.21. The highest BCUT2D eigenvalue weighted by Crippen LogP contribution is 2.14. The molecule has 0 spiro atoms. The molecular weight excluding hydrogens is 172 g/mol. The van der Waals surface area contributed by atoms with Gasteiger partial charge < -0.3 is 0 Å². The molecule has 1 N–H and O–H groups in total. The molecule has 0 fully saturated rings. The van der Waals surface area contributed by atoms with Gasteiger partial charge in [-0.3, -0.25) is 5.43 Å². The lowest BCUT2D eigenvalue weighted by molar-refractivity contribution is 0.0670. The van der Waals surface area contributed by atoms with Crippen molar-refractivity contribution in [1.82, 2.24) is 10.4 Å². The van der Waals surface area contributed by atoms with Crippen molar-refractivity contribution in [2.24, 2.45) is 5.92 Å². The number of hydrogen-bond acceptors (Lipinski definition) is 2. The molecule has 0 aliphatic carbocycles. The largest absolute Gasteiger partial charge is 0.255 e. The average Bonchev–Trinajstić information content (AvgIpc) is 2.22. The normalized spacial score (nSPS) is 17.9. The smallest absolute Gasteiger partial charge is 0.0278 e. The van der Waals surface area contributed by atoms with Crippen LogP contribution in [0.25, 0.3) is 0 Å². The predicted molar refractivity (Wildman–Crippen MR) is 64.1 cm³/mol. The van der Waals surface area contributed by atoms with Gasteiger partial charge in [0.2, 0.25) is 0 Å². The summed E-state index contributed by atoms with van der Waals surface area (Å²) in [4.78, 5) is 0. The lowest BCUT2D eigenvalue weighted by atomic mass is 10.0. The summed E-state index contributed by atoms with van der Waals surface area (Å²) >= 11 is 0. The van der Waals surface area contributed by atoms with Gasteiger partial charge >= 0.3 is 0 Å². The fourth-order valence-corrected chi connectivity index (χ4v) is 1.53. The van der Waals surface area contributed by atoms with Gasteiger partial charge in [0.1, 0.15) is 0 Å². The van der Waals surface area contributed by atoms with E-state index in [1.54, 1.807) is 0 Å². The summed E-state index contributed by atoms with van der Waals surface area (Å²) < 4.78 is 0. The van der Waals surface area contributed by atoms with E-state index in [0.717, 1.165) is 6.54 Å². The molecular formula is C12H26N2. The number of hydrazine groups is 1. The van der Waals surface area contributed by atoms with Crippen molar-refractivity contribution in [2.45, 2.75) is 53.1 Å². The van der Waals surface area contributed by atoms with Crippen molar-refractivity contribution < 1.29 is 0 Å². The zero-order valence-electron chi connectivity index (χ0n) is 10.4. The van der Waals surface area contributed by atoms with Gasteiger partial charge in [0, 0.05) is 18.6 Å². The molecule has 0 saturated heterocycles. The van der Waals surface area contributed by atoms with Gasteiger partial charge in [0.05, 0.1) is 0 Å². The molecule has 0 aliphatic rings. The van der Waals surface area contributed by atoms with Gasteiger partial charge in [-0.15, -0.1) is 6.58 Å². The Bertz CT molecular complexity index is 156. The van der Waals surface area contributed by atoms with Gasteiger partial charge in [-0.25, -0.2) is 5.01 Å². The number of rotatable bonds is 7. The predicted octanol–water partition coefficient (Wildman–Crippen LogP) is 2.82. The summed E-state index contributed by atoms with van der Waals surface area (Å²) in [5.74, 6) is 0.517. The van der Waals surface area contributed by atoms with Crippen molar-refractivity contribution in [3.05, 3.63) is 12.7 Å². The summed E-state index contributed by atoms with van der Waals surface area (Å²) in [6, 6.07) is 1.08. The molecule has 0 rings (SSSR count). The van der Waals surface area contributed by atoms with Gasteiger partial charge in [0.25, 0.3) is 0 Å². The monoisotopic (exact) mass is 198 g/mol. The van der Waals surface area contributed by atoms with E-state index in [4.69, 9.17) is 0 Å². The maximum absolute atomic E-state index is 3.85. The lowest BCUT2D eigenvalue weighted by Crippen LogP contribution is -2.51. The van der Waals surface area contributed by atoms with E-state index in [2.05, 4.69) is 51.6 Å². The molecule has 3 unspecified atom stereocenters. The third-order valence-electron chi connectivity index (χ3n) is 2.98. The summed E-state index contributed by atoms with van der Waals surface area (Å²) in [6.07, 6.45) is 3.19. The third kappa shape index (κ3) is 3.81. The van der Waals surface area contributed by atoms with Gasteiger partial charge in [-0.05, 0) is 26.2 Å². The van der Waals surface area contributed by atoms with Gasteiger partial charge in [0.15, 0.2) is 0 Å². The standard InChI is InChI=1S/C12H26N2/c1-7-10(4)12(6)14(13-9-3)11(5)8-2/h7,10-13H,1,8-9H2,2-6H3. The van der Waals surface area contributed by atoms with E-state index in [9.17, 15) is 0 Å². The molecule has 0 bridgehead atoms. The number of hydrogen-bond donors (Lipinski definition) is 1. The molecule has 0 aliphatic heterocycles. The summed E-state index contributed by atoms with van der Waals surface area (Å²) in [5.41, 5.74) is 3.43. The zero-order valence-corrected chi connectivity index (χ0v) is 10.4. The fraction of sp³-hybridized carbons (Fsp3) is 0.833. The molecule has 2 heteroatoms. The zero-order chi connectivity index (χ0) is 11.1. The van der Waals surface area contributed by atoms with Gasteiger partial charge in [-0.1, -0.05) is 26.8 Å². The summed E-state index contributed by atoms with van der Waals surface area (Å²) in [5, 5.41) is 2.35. The summed E-state index contributed by atoms with van der Waals surface area (Å²) in [7, 11) is 0. The van der Waals surface area contributed by atoms with Crippen LogP contribution in [0.5, 0.6) is 0 Å². The topological polar surface area (TPSA) is 15.3 Å². The van der Waals surface area contributed by atoms with Crippen molar-refractivity contribution in [3.63, 3.8) is 0 Å². The first-order chi connectivity index (χ1) is 6.58. The minimum atomic E-state index is 0.502. The van der Waals surface area contributed by atoms with Crippen LogP contribution >= 0.6 is 0 Å². The Labute approximate surface area is 89.3 Å². The maximum Gasteiger partial charge on any atom is 0.0278 e. The molecule has 2 nitrogen and oxygen atoms in total. The van der Waals surface area contributed by atoms with Crippen LogP contribution < -0.4 is 5.43 Å². The van der Waals surface area contributed by atoms with Crippen LogP contribution in [0.2, 0.25) is 0 Å². The second-order valence-corrected chi connectivity index (χ2v) is 4.01. The summed E-state index contributed by atoms with van der Waals surface area (Å²) in [6.45, 7) is 15.9. The molecule has 84 valence electrons. The van der Waals surface area contributed by atoms with Crippen molar-refractivity contribution in [2.75, 3.05) is 6.54 Å². The third-order valence-corrected chi connectivity index (χ3v) is 2.98. The Hall–Kier alpha value is -0.340. The second-order valence-electron chi connectivity index (χ2n) is 4.01. The van der Waals surface area contributed by atoms with Crippen LogP contribution in [0, 0.1) is 5.92 Å². The Morgan fingerprint density at radius 1 is 1.29 bits per heavy atom. The van der Waals surface area contributed by atoms with E-state index < -0.39 is 0 Å². The van der Waals surface area contributed by atoms with Crippen LogP contribution in [0.3, 0.4) is 0 Å². The van der Waals surface area contributed by atoms with Crippen LogP contribution in [-0.4, -0.2) is 23.6 Å². The Balaban J connectivity index is 4.38. The fourth-order valence-electron chi connectivity index (χ4n) is 1.53. The minimum Gasteiger partial charge on any atom is -0.255 e. The minimum absolute atomic E-state index is 0.502. The molecule has 3 atom stereocenters. The number of nitrogens with zero attached hydrogens (tertiary/aromatic N) is 1. The van der Waals surface area contributed by atoms with E-state index in [1.807, 2.05) is 6.08 Å². The molecule has 14 heavy (non-hydrogen) atoms. The maximum atomic E-state index is 3.85. The van der Waals surface area contributed by atoms with E-state index in [1.165, 1.54) is 6.42 Å². The van der Waals surface area contributed by atoms with Crippen LogP contribution in [0.15, 0.2) is 12.7 Å². The molecule has 0 saturated carbocycles. The average molecular weight is 198 g/mol.